The smallest absolute Gasteiger partial charge is 0.303 e. The summed E-state index contributed by atoms with van der Waals surface area (Å²) in [6.45, 7) is 2.62. The summed E-state index contributed by atoms with van der Waals surface area (Å²) in [5.74, 6) is 0.237. The van der Waals surface area contributed by atoms with Crippen LogP contribution in [0.2, 0.25) is 0 Å². The zero-order valence-corrected chi connectivity index (χ0v) is 9.05. The highest BCUT2D eigenvalue weighted by atomic mass is 16.4. The first-order valence-corrected chi connectivity index (χ1v) is 4.93. The summed E-state index contributed by atoms with van der Waals surface area (Å²) in [4.78, 5) is 16.6. The molecule has 0 aromatic carbocycles. The molecule has 0 aliphatic heterocycles. The Balaban J connectivity index is 2.49. The van der Waals surface area contributed by atoms with Crippen molar-refractivity contribution in [2.75, 3.05) is 18.5 Å². The Labute approximate surface area is 89.6 Å². The van der Waals surface area contributed by atoms with E-state index in [9.17, 15) is 4.79 Å². The maximum atomic E-state index is 10.5. The Morgan fingerprint density at radius 3 is 2.87 bits per heavy atom. The summed E-state index contributed by atoms with van der Waals surface area (Å²) in [6.07, 6.45) is 1.92. The largest absolute Gasteiger partial charge is 0.481 e. The van der Waals surface area contributed by atoms with Gasteiger partial charge in [0.25, 0.3) is 0 Å². The van der Waals surface area contributed by atoms with Gasteiger partial charge in [-0.15, -0.1) is 0 Å². The lowest BCUT2D eigenvalue weighted by molar-refractivity contribution is -0.137. The lowest BCUT2D eigenvalue weighted by Gasteiger charge is -2.21. The molecule has 1 N–H and O–H groups in total. The van der Waals surface area contributed by atoms with Crippen LogP contribution in [0.5, 0.6) is 0 Å². The Bertz CT molecular complexity index is 314. The van der Waals surface area contributed by atoms with Crippen LogP contribution in [0.15, 0.2) is 24.4 Å². The van der Waals surface area contributed by atoms with Crippen molar-refractivity contribution in [1.29, 1.82) is 0 Å². The predicted molar refractivity (Wildman–Crippen MR) is 58.9 cm³/mol. The second-order valence-corrected chi connectivity index (χ2v) is 3.77. The van der Waals surface area contributed by atoms with Crippen molar-refractivity contribution >= 4 is 11.8 Å². The van der Waals surface area contributed by atoms with Crippen molar-refractivity contribution in [3.8, 4) is 0 Å². The molecule has 0 spiro atoms. The highest BCUT2D eigenvalue weighted by Gasteiger charge is 2.11. The summed E-state index contributed by atoms with van der Waals surface area (Å²) < 4.78 is 0. The van der Waals surface area contributed by atoms with Gasteiger partial charge in [0.05, 0.1) is 0 Å². The van der Waals surface area contributed by atoms with Gasteiger partial charge in [0.2, 0.25) is 0 Å². The Hall–Kier alpha value is -1.58. The van der Waals surface area contributed by atoms with E-state index >= 15 is 0 Å². The average Bonchev–Trinajstić information content (AvgIpc) is 2.17. The first-order chi connectivity index (χ1) is 7.09. The van der Waals surface area contributed by atoms with Gasteiger partial charge in [-0.25, -0.2) is 4.98 Å². The summed E-state index contributed by atoms with van der Waals surface area (Å²) in [7, 11) is 1.92. The van der Waals surface area contributed by atoms with Crippen molar-refractivity contribution in [3.63, 3.8) is 0 Å². The van der Waals surface area contributed by atoms with Crippen molar-refractivity contribution in [1.82, 2.24) is 4.98 Å². The van der Waals surface area contributed by atoms with Crippen molar-refractivity contribution in [2.45, 2.75) is 13.3 Å². The Morgan fingerprint density at radius 2 is 2.33 bits per heavy atom. The van der Waals surface area contributed by atoms with E-state index in [0.717, 1.165) is 5.82 Å². The molecule has 4 nitrogen and oxygen atoms in total. The number of hydrogen-bond acceptors (Lipinski definition) is 3. The average molecular weight is 208 g/mol. The zero-order valence-electron chi connectivity index (χ0n) is 9.05. The van der Waals surface area contributed by atoms with E-state index in [1.165, 1.54) is 0 Å². The molecule has 1 aromatic rings. The van der Waals surface area contributed by atoms with E-state index in [2.05, 4.69) is 4.98 Å². The number of carboxylic acids is 1. The van der Waals surface area contributed by atoms with E-state index in [-0.39, 0.29) is 12.3 Å². The number of pyridine rings is 1. The van der Waals surface area contributed by atoms with Gasteiger partial charge >= 0.3 is 5.97 Å². The van der Waals surface area contributed by atoms with Crippen LogP contribution in [0.1, 0.15) is 13.3 Å². The van der Waals surface area contributed by atoms with Gasteiger partial charge in [0, 0.05) is 26.2 Å². The van der Waals surface area contributed by atoms with Crippen LogP contribution in [0.3, 0.4) is 0 Å². The molecule has 1 rings (SSSR count). The zero-order chi connectivity index (χ0) is 11.3. The molecule has 1 aromatic heterocycles. The maximum absolute atomic E-state index is 10.5. The molecule has 82 valence electrons. The molecule has 0 saturated heterocycles. The molecule has 0 aliphatic carbocycles. The first-order valence-electron chi connectivity index (χ1n) is 4.93. The second kappa shape index (κ2) is 5.34. The third-order valence-electron chi connectivity index (χ3n) is 2.15. The minimum Gasteiger partial charge on any atom is -0.481 e. The normalized spacial score (nSPS) is 12.1. The molecule has 1 atom stereocenters. The summed E-state index contributed by atoms with van der Waals surface area (Å²) in [5, 5.41) is 8.63. The number of rotatable bonds is 5. The highest BCUT2D eigenvalue weighted by molar-refractivity contribution is 5.67. The van der Waals surface area contributed by atoms with Crippen LogP contribution in [-0.4, -0.2) is 29.7 Å². The van der Waals surface area contributed by atoms with Crippen LogP contribution >= 0.6 is 0 Å². The Morgan fingerprint density at radius 1 is 1.60 bits per heavy atom. The Kier molecular flexibility index (Phi) is 4.09. The summed E-state index contributed by atoms with van der Waals surface area (Å²) in [6, 6.07) is 5.69. The van der Waals surface area contributed by atoms with Gasteiger partial charge in [-0.1, -0.05) is 13.0 Å². The fraction of sp³-hybridized carbons (Fsp3) is 0.455. The monoisotopic (exact) mass is 208 g/mol. The van der Waals surface area contributed by atoms with Crippen molar-refractivity contribution in [2.24, 2.45) is 5.92 Å². The van der Waals surface area contributed by atoms with Gasteiger partial charge in [-0.05, 0) is 18.1 Å². The van der Waals surface area contributed by atoms with Gasteiger partial charge in [0.1, 0.15) is 5.82 Å². The first kappa shape index (κ1) is 11.5. The van der Waals surface area contributed by atoms with Gasteiger partial charge in [-0.2, -0.15) is 0 Å². The number of aromatic nitrogens is 1. The van der Waals surface area contributed by atoms with E-state index < -0.39 is 5.97 Å². The number of anilines is 1. The number of nitrogens with zero attached hydrogens (tertiary/aromatic N) is 2. The van der Waals surface area contributed by atoms with Gasteiger partial charge in [0.15, 0.2) is 0 Å². The van der Waals surface area contributed by atoms with Gasteiger partial charge in [-0.3, -0.25) is 4.79 Å². The van der Waals surface area contributed by atoms with Crippen LogP contribution in [0.4, 0.5) is 5.82 Å². The molecule has 15 heavy (non-hydrogen) atoms. The lowest BCUT2D eigenvalue weighted by Crippen LogP contribution is -2.25. The van der Waals surface area contributed by atoms with Crippen LogP contribution in [0.25, 0.3) is 0 Å². The second-order valence-electron chi connectivity index (χ2n) is 3.77. The fourth-order valence-electron chi connectivity index (χ4n) is 1.50. The molecular formula is C11H16N2O2. The van der Waals surface area contributed by atoms with Crippen molar-refractivity contribution in [3.05, 3.63) is 24.4 Å². The quantitative estimate of drug-likeness (QED) is 0.799. The molecule has 0 bridgehead atoms. The number of aliphatic carboxylic acids is 1. The van der Waals surface area contributed by atoms with Crippen LogP contribution in [-0.2, 0) is 4.79 Å². The van der Waals surface area contributed by atoms with E-state index in [0.29, 0.717) is 6.54 Å². The topological polar surface area (TPSA) is 53.4 Å². The maximum Gasteiger partial charge on any atom is 0.303 e. The molecule has 1 heterocycles. The number of carboxylic acid groups (broad SMARTS) is 1. The van der Waals surface area contributed by atoms with E-state index in [1.54, 1.807) is 6.20 Å². The molecule has 0 fully saturated rings. The highest BCUT2D eigenvalue weighted by Crippen LogP contribution is 2.11. The molecule has 0 amide bonds. The SMILES string of the molecule is CC(CC(=O)O)CN(C)c1ccccn1. The number of hydrogen-bond donors (Lipinski definition) is 1. The molecule has 0 radical (unpaired) electrons. The molecule has 0 saturated carbocycles. The van der Waals surface area contributed by atoms with Crippen LogP contribution in [0, 0.1) is 5.92 Å². The van der Waals surface area contributed by atoms with E-state index in [1.807, 2.05) is 37.1 Å². The standard InChI is InChI=1S/C11H16N2O2/c1-9(7-11(14)15)8-13(2)10-5-3-4-6-12-10/h3-6,9H,7-8H2,1-2H3,(H,14,15). The minimum atomic E-state index is -0.753. The molecule has 4 heteroatoms. The predicted octanol–water partition coefficient (Wildman–Crippen LogP) is 1.63. The lowest BCUT2D eigenvalue weighted by atomic mass is 10.1. The van der Waals surface area contributed by atoms with Gasteiger partial charge < -0.3 is 10.0 Å². The molecule has 1 unspecified atom stereocenters. The molecular weight excluding hydrogens is 192 g/mol. The molecule has 0 aliphatic rings. The summed E-state index contributed by atoms with van der Waals surface area (Å²) in [5.41, 5.74) is 0. The number of carbonyl (C=O) groups is 1. The third-order valence-corrected chi connectivity index (χ3v) is 2.15. The summed E-state index contributed by atoms with van der Waals surface area (Å²) >= 11 is 0. The van der Waals surface area contributed by atoms with Crippen LogP contribution < -0.4 is 4.90 Å². The van der Waals surface area contributed by atoms with E-state index in [4.69, 9.17) is 5.11 Å². The minimum absolute atomic E-state index is 0.120. The fourth-order valence-corrected chi connectivity index (χ4v) is 1.50. The third kappa shape index (κ3) is 3.97. The van der Waals surface area contributed by atoms with Crippen molar-refractivity contribution < 1.29 is 9.90 Å².